The van der Waals surface area contributed by atoms with Crippen LogP contribution in [0.3, 0.4) is 0 Å². The predicted octanol–water partition coefficient (Wildman–Crippen LogP) is 4.62. The molecule has 3 aromatic rings. The molecule has 0 heterocycles. The number of methoxy groups -OCH3 is 1. The van der Waals surface area contributed by atoms with Crippen LogP contribution in [0.15, 0.2) is 78.9 Å². The number of carbonyl (C=O) groups excluding carboxylic acids is 1. The molecule has 3 aromatic carbocycles. The summed E-state index contributed by atoms with van der Waals surface area (Å²) in [6.45, 7) is 0. The van der Waals surface area contributed by atoms with Gasteiger partial charge in [-0.1, -0.05) is 60.7 Å². The molecule has 0 spiro atoms. The van der Waals surface area contributed by atoms with Crippen molar-refractivity contribution in [2.24, 2.45) is 0 Å². The SMILES string of the molecule is COc1ccccc1CC(=O)N(C)[C@H](c1ccccc1)c1ccc(F)cc1. The van der Waals surface area contributed by atoms with Gasteiger partial charge in [-0.3, -0.25) is 4.79 Å². The van der Waals surface area contributed by atoms with Crippen LogP contribution in [0.25, 0.3) is 0 Å². The van der Waals surface area contributed by atoms with E-state index in [-0.39, 0.29) is 24.2 Å². The topological polar surface area (TPSA) is 29.5 Å². The fraction of sp³-hybridized carbons (Fsp3) is 0.174. The van der Waals surface area contributed by atoms with E-state index in [2.05, 4.69) is 0 Å². The number of rotatable bonds is 6. The number of nitrogens with zero attached hydrogens (tertiary/aromatic N) is 1. The molecule has 0 saturated heterocycles. The first-order valence-corrected chi connectivity index (χ1v) is 8.78. The third-order valence-electron chi connectivity index (χ3n) is 4.62. The van der Waals surface area contributed by atoms with Gasteiger partial charge in [-0.2, -0.15) is 0 Å². The summed E-state index contributed by atoms with van der Waals surface area (Å²) in [6.07, 6.45) is 0.227. The first-order chi connectivity index (χ1) is 13.1. The van der Waals surface area contributed by atoms with Gasteiger partial charge >= 0.3 is 0 Å². The Morgan fingerprint density at radius 2 is 1.52 bits per heavy atom. The lowest BCUT2D eigenvalue weighted by molar-refractivity contribution is -0.130. The molecule has 0 N–H and O–H groups in total. The van der Waals surface area contributed by atoms with E-state index in [1.54, 1.807) is 31.2 Å². The normalized spacial score (nSPS) is 11.7. The largest absolute Gasteiger partial charge is 0.496 e. The van der Waals surface area contributed by atoms with E-state index in [0.29, 0.717) is 5.75 Å². The molecule has 1 atom stereocenters. The fourth-order valence-corrected chi connectivity index (χ4v) is 3.20. The van der Waals surface area contributed by atoms with Crippen molar-refractivity contribution in [2.75, 3.05) is 14.2 Å². The minimum Gasteiger partial charge on any atom is -0.496 e. The number of likely N-dealkylation sites (N-methyl/N-ethyl adjacent to an activating group) is 1. The Labute approximate surface area is 159 Å². The zero-order chi connectivity index (χ0) is 19.2. The van der Waals surface area contributed by atoms with E-state index in [1.807, 2.05) is 54.6 Å². The summed E-state index contributed by atoms with van der Waals surface area (Å²) < 4.78 is 18.7. The van der Waals surface area contributed by atoms with Gasteiger partial charge in [0.1, 0.15) is 11.6 Å². The zero-order valence-electron chi connectivity index (χ0n) is 15.4. The van der Waals surface area contributed by atoms with Gasteiger partial charge in [-0.15, -0.1) is 0 Å². The van der Waals surface area contributed by atoms with Crippen LogP contribution in [0.1, 0.15) is 22.7 Å². The third-order valence-corrected chi connectivity index (χ3v) is 4.62. The highest BCUT2D eigenvalue weighted by Gasteiger charge is 2.24. The van der Waals surface area contributed by atoms with Gasteiger partial charge < -0.3 is 9.64 Å². The van der Waals surface area contributed by atoms with Crippen molar-refractivity contribution in [3.05, 3.63) is 101 Å². The predicted molar refractivity (Wildman–Crippen MR) is 104 cm³/mol. The Balaban J connectivity index is 1.91. The summed E-state index contributed by atoms with van der Waals surface area (Å²) in [6, 6.07) is 23.2. The number of hydrogen-bond donors (Lipinski definition) is 0. The highest BCUT2D eigenvalue weighted by Crippen LogP contribution is 2.29. The quantitative estimate of drug-likeness (QED) is 0.639. The van der Waals surface area contributed by atoms with E-state index in [1.165, 1.54) is 12.1 Å². The Morgan fingerprint density at radius 1 is 0.926 bits per heavy atom. The van der Waals surface area contributed by atoms with Crippen molar-refractivity contribution in [1.29, 1.82) is 0 Å². The molecule has 1 amide bonds. The van der Waals surface area contributed by atoms with E-state index < -0.39 is 0 Å². The number of ether oxygens (including phenoxy) is 1. The summed E-state index contributed by atoms with van der Waals surface area (Å²) in [5.41, 5.74) is 2.67. The Morgan fingerprint density at radius 3 is 2.19 bits per heavy atom. The Hall–Kier alpha value is -3.14. The summed E-state index contributed by atoms with van der Waals surface area (Å²) in [7, 11) is 3.37. The maximum atomic E-state index is 13.4. The molecule has 138 valence electrons. The second-order valence-corrected chi connectivity index (χ2v) is 6.36. The maximum absolute atomic E-state index is 13.4. The van der Waals surface area contributed by atoms with Gasteiger partial charge in [0.2, 0.25) is 5.91 Å². The number of para-hydroxylation sites is 1. The van der Waals surface area contributed by atoms with Crippen molar-refractivity contribution in [3.8, 4) is 5.75 Å². The molecule has 0 aliphatic heterocycles. The zero-order valence-corrected chi connectivity index (χ0v) is 15.4. The van der Waals surface area contributed by atoms with Crippen LogP contribution in [-0.4, -0.2) is 25.0 Å². The minimum atomic E-state index is -0.298. The number of amides is 1. The van der Waals surface area contributed by atoms with Crippen LogP contribution in [0.5, 0.6) is 5.75 Å². The molecule has 4 heteroatoms. The number of hydrogen-bond acceptors (Lipinski definition) is 2. The summed E-state index contributed by atoms with van der Waals surface area (Å²) >= 11 is 0. The molecular weight excluding hydrogens is 341 g/mol. The van der Waals surface area contributed by atoms with Crippen LogP contribution in [-0.2, 0) is 11.2 Å². The molecule has 0 aromatic heterocycles. The van der Waals surface area contributed by atoms with Crippen LogP contribution in [0, 0.1) is 5.82 Å². The summed E-state index contributed by atoms with van der Waals surface area (Å²) in [5.74, 6) is 0.350. The molecule has 0 bridgehead atoms. The monoisotopic (exact) mass is 363 g/mol. The van der Waals surface area contributed by atoms with Crippen molar-refractivity contribution >= 4 is 5.91 Å². The van der Waals surface area contributed by atoms with Crippen molar-refractivity contribution < 1.29 is 13.9 Å². The number of halogens is 1. The molecule has 0 aliphatic carbocycles. The van der Waals surface area contributed by atoms with Crippen LogP contribution >= 0.6 is 0 Å². The highest BCUT2D eigenvalue weighted by atomic mass is 19.1. The molecule has 0 saturated carbocycles. The van der Waals surface area contributed by atoms with Gasteiger partial charge in [0.15, 0.2) is 0 Å². The lowest BCUT2D eigenvalue weighted by atomic mass is 9.96. The molecule has 3 rings (SSSR count). The van der Waals surface area contributed by atoms with E-state index in [4.69, 9.17) is 4.74 Å². The number of carbonyl (C=O) groups is 1. The van der Waals surface area contributed by atoms with Crippen molar-refractivity contribution in [1.82, 2.24) is 4.90 Å². The maximum Gasteiger partial charge on any atom is 0.227 e. The lowest BCUT2D eigenvalue weighted by Gasteiger charge is -2.29. The standard InChI is InChI=1S/C23H22FNO2/c1-25(22(26)16-19-10-6-7-11-21(19)27-2)23(17-8-4-3-5-9-17)18-12-14-20(24)15-13-18/h3-15,23H,16H2,1-2H3/t23-/m1/s1. The minimum absolute atomic E-state index is 0.0438. The molecule has 0 radical (unpaired) electrons. The Bertz CT molecular complexity index is 894. The van der Waals surface area contributed by atoms with Gasteiger partial charge in [-0.05, 0) is 29.3 Å². The van der Waals surface area contributed by atoms with E-state index >= 15 is 0 Å². The fourth-order valence-electron chi connectivity index (χ4n) is 3.20. The summed E-state index contributed by atoms with van der Waals surface area (Å²) in [5, 5.41) is 0. The van der Waals surface area contributed by atoms with Gasteiger partial charge in [0, 0.05) is 12.6 Å². The smallest absolute Gasteiger partial charge is 0.227 e. The average Bonchev–Trinajstić information content (AvgIpc) is 2.70. The van der Waals surface area contributed by atoms with E-state index in [9.17, 15) is 9.18 Å². The molecule has 27 heavy (non-hydrogen) atoms. The Kier molecular flexibility index (Phi) is 5.87. The van der Waals surface area contributed by atoms with Crippen LogP contribution in [0.4, 0.5) is 4.39 Å². The third kappa shape index (κ3) is 4.34. The van der Waals surface area contributed by atoms with Gasteiger partial charge in [-0.25, -0.2) is 4.39 Å². The molecule has 0 fully saturated rings. The second kappa shape index (κ2) is 8.49. The number of benzene rings is 3. The van der Waals surface area contributed by atoms with Crippen LogP contribution < -0.4 is 4.74 Å². The lowest BCUT2D eigenvalue weighted by Crippen LogP contribution is -2.33. The molecular formula is C23H22FNO2. The second-order valence-electron chi connectivity index (χ2n) is 6.36. The average molecular weight is 363 g/mol. The molecule has 3 nitrogen and oxygen atoms in total. The molecule has 0 aliphatic rings. The van der Waals surface area contributed by atoms with Crippen molar-refractivity contribution in [3.63, 3.8) is 0 Å². The van der Waals surface area contributed by atoms with E-state index in [0.717, 1.165) is 16.7 Å². The first-order valence-electron chi connectivity index (χ1n) is 8.78. The molecule has 0 unspecified atom stereocenters. The van der Waals surface area contributed by atoms with Gasteiger partial charge in [0.25, 0.3) is 0 Å². The van der Waals surface area contributed by atoms with Crippen LogP contribution in [0.2, 0.25) is 0 Å². The summed E-state index contributed by atoms with van der Waals surface area (Å²) in [4.78, 5) is 14.7. The highest BCUT2D eigenvalue weighted by molar-refractivity contribution is 5.80. The first kappa shape index (κ1) is 18.6. The van der Waals surface area contributed by atoms with Gasteiger partial charge in [0.05, 0.1) is 19.6 Å². The van der Waals surface area contributed by atoms with Crippen molar-refractivity contribution in [2.45, 2.75) is 12.5 Å².